The molecule has 1 aromatic carbocycles. The molecule has 0 aromatic heterocycles. The molecule has 4 heteroatoms. The molecule has 1 aliphatic rings. The lowest BCUT2D eigenvalue weighted by Gasteiger charge is -2.10. The molecule has 17 heavy (non-hydrogen) atoms. The van der Waals surface area contributed by atoms with Crippen LogP contribution in [-0.4, -0.2) is 18.2 Å². The van der Waals surface area contributed by atoms with Crippen LogP contribution in [0.25, 0.3) is 0 Å². The minimum Gasteiger partial charge on any atom is -0.496 e. The Balaban J connectivity index is 2.16. The van der Waals surface area contributed by atoms with Gasteiger partial charge >= 0.3 is 5.97 Å². The van der Waals surface area contributed by atoms with E-state index in [-0.39, 0.29) is 11.8 Å². The summed E-state index contributed by atoms with van der Waals surface area (Å²) in [6.07, 6.45) is 1.48. The van der Waals surface area contributed by atoms with Crippen molar-refractivity contribution in [3.63, 3.8) is 0 Å². The number of methoxy groups -OCH3 is 1. The third kappa shape index (κ3) is 2.55. The number of ether oxygens (including phenoxy) is 1. The first-order valence-corrected chi connectivity index (χ1v) is 5.96. The van der Waals surface area contributed by atoms with Gasteiger partial charge in [0, 0.05) is 5.02 Å². The second-order valence-electron chi connectivity index (χ2n) is 4.56. The monoisotopic (exact) mass is 254 g/mol. The number of rotatable bonds is 4. The average molecular weight is 255 g/mol. The predicted molar refractivity (Wildman–Crippen MR) is 65.7 cm³/mol. The Morgan fingerprint density at radius 1 is 1.59 bits per heavy atom. The molecule has 0 spiro atoms. The van der Waals surface area contributed by atoms with Crippen molar-refractivity contribution in [2.75, 3.05) is 7.11 Å². The minimum absolute atomic E-state index is 0.195. The van der Waals surface area contributed by atoms with Gasteiger partial charge in [0.15, 0.2) is 0 Å². The number of aliphatic carboxylic acids is 1. The number of halogens is 1. The van der Waals surface area contributed by atoms with Gasteiger partial charge < -0.3 is 9.84 Å². The Bertz CT molecular complexity index is 456. The van der Waals surface area contributed by atoms with Gasteiger partial charge in [-0.1, -0.05) is 11.6 Å². The summed E-state index contributed by atoms with van der Waals surface area (Å²) < 4.78 is 5.30. The van der Waals surface area contributed by atoms with E-state index < -0.39 is 5.97 Å². The first kappa shape index (κ1) is 12.2. The molecule has 2 rings (SSSR count). The lowest BCUT2D eigenvalue weighted by Crippen LogP contribution is -2.02. The Hall–Kier alpha value is -1.22. The zero-order valence-electron chi connectivity index (χ0n) is 9.87. The van der Waals surface area contributed by atoms with Gasteiger partial charge in [0.25, 0.3) is 0 Å². The topological polar surface area (TPSA) is 46.5 Å². The standard InChI is InChI=1S/C13H15ClO3/c1-7-3-12(17-2)9(6-11(7)14)4-8-5-10(8)13(15)16/h3,6,8,10H,4-5H2,1-2H3,(H,15,16). The van der Waals surface area contributed by atoms with Crippen LogP contribution in [0.3, 0.4) is 0 Å². The van der Waals surface area contributed by atoms with Crippen LogP contribution in [0.15, 0.2) is 12.1 Å². The number of hydrogen-bond acceptors (Lipinski definition) is 2. The Kier molecular flexibility index (Phi) is 3.29. The maximum atomic E-state index is 10.8. The van der Waals surface area contributed by atoms with E-state index in [0.717, 1.165) is 29.7 Å². The highest BCUT2D eigenvalue weighted by Gasteiger charge is 2.43. The normalized spacial score (nSPS) is 22.3. The molecule has 92 valence electrons. The first-order valence-electron chi connectivity index (χ1n) is 5.58. The lowest BCUT2D eigenvalue weighted by molar-refractivity contribution is -0.138. The van der Waals surface area contributed by atoms with Gasteiger partial charge in [-0.25, -0.2) is 0 Å². The average Bonchev–Trinajstić information content (AvgIpc) is 3.02. The third-order valence-corrected chi connectivity index (χ3v) is 3.69. The van der Waals surface area contributed by atoms with Crippen molar-refractivity contribution in [1.29, 1.82) is 0 Å². The van der Waals surface area contributed by atoms with E-state index in [9.17, 15) is 4.79 Å². The van der Waals surface area contributed by atoms with Gasteiger partial charge in [-0.2, -0.15) is 0 Å². The van der Waals surface area contributed by atoms with Crippen molar-refractivity contribution >= 4 is 17.6 Å². The zero-order valence-corrected chi connectivity index (χ0v) is 10.6. The highest BCUT2D eigenvalue weighted by Crippen LogP contribution is 2.43. The molecular formula is C13H15ClO3. The predicted octanol–water partition coefficient (Wildman–Crippen LogP) is 2.92. The number of carboxylic acid groups (broad SMARTS) is 1. The van der Waals surface area contributed by atoms with Gasteiger partial charge in [0.1, 0.15) is 5.75 Å². The number of benzene rings is 1. The fourth-order valence-corrected chi connectivity index (χ4v) is 2.29. The Morgan fingerprint density at radius 3 is 2.82 bits per heavy atom. The van der Waals surface area contributed by atoms with E-state index in [1.54, 1.807) is 7.11 Å². The summed E-state index contributed by atoms with van der Waals surface area (Å²) in [5.41, 5.74) is 1.97. The summed E-state index contributed by atoms with van der Waals surface area (Å²) in [5.74, 6) is 0.120. The van der Waals surface area contributed by atoms with Crippen molar-refractivity contribution < 1.29 is 14.6 Å². The highest BCUT2D eigenvalue weighted by atomic mass is 35.5. The van der Waals surface area contributed by atoms with E-state index in [1.165, 1.54) is 0 Å². The second kappa shape index (κ2) is 4.57. The Labute approximate surface area is 105 Å². The molecule has 0 amide bonds. The summed E-state index contributed by atoms with van der Waals surface area (Å²) in [5, 5.41) is 9.57. The SMILES string of the molecule is COc1cc(C)c(Cl)cc1CC1CC1C(=O)O. The zero-order chi connectivity index (χ0) is 12.6. The smallest absolute Gasteiger partial charge is 0.306 e. The van der Waals surface area contributed by atoms with Crippen molar-refractivity contribution in [3.8, 4) is 5.75 Å². The van der Waals surface area contributed by atoms with Crippen LogP contribution < -0.4 is 4.74 Å². The third-order valence-electron chi connectivity index (χ3n) is 3.28. The fraction of sp³-hybridized carbons (Fsp3) is 0.462. The molecule has 3 nitrogen and oxygen atoms in total. The molecule has 2 unspecified atom stereocenters. The van der Waals surface area contributed by atoms with Gasteiger partial charge in [-0.15, -0.1) is 0 Å². The highest BCUT2D eigenvalue weighted by molar-refractivity contribution is 6.31. The molecule has 2 atom stereocenters. The summed E-state index contributed by atoms with van der Waals surface area (Å²) >= 11 is 6.07. The van der Waals surface area contributed by atoms with Crippen LogP contribution >= 0.6 is 11.6 Å². The van der Waals surface area contributed by atoms with Gasteiger partial charge in [0.05, 0.1) is 13.0 Å². The number of carboxylic acids is 1. The van der Waals surface area contributed by atoms with Crippen molar-refractivity contribution in [2.45, 2.75) is 19.8 Å². The molecule has 0 aliphatic heterocycles. The van der Waals surface area contributed by atoms with Crippen molar-refractivity contribution in [3.05, 3.63) is 28.3 Å². The molecule has 0 radical (unpaired) electrons. The summed E-state index contributed by atoms with van der Waals surface area (Å²) in [7, 11) is 1.62. The molecule has 0 heterocycles. The molecule has 1 saturated carbocycles. The Morgan fingerprint density at radius 2 is 2.29 bits per heavy atom. The van der Waals surface area contributed by atoms with E-state index in [4.69, 9.17) is 21.4 Å². The van der Waals surface area contributed by atoms with E-state index in [2.05, 4.69) is 0 Å². The van der Waals surface area contributed by atoms with Gasteiger partial charge in [-0.3, -0.25) is 4.79 Å². The largest absolute Gasteiger partial charge is 0.496 e. The summed E-state index contributed by atoms with van der Waals surface area (Å²) in [4.78, 5) is 10.8. The molecule has 1 fully saturated rings. The molecule has 0 saturated heterocycles. The summed E-state index contributed by atoms with van der Waals surface area (Å²) in [6, 6.07) is 3.78. The van der Waals surface area contributed by atoms with Gasteiger partial charge in [0.2, 0.25) is 0 Å². The lowest BCUT2D eigenvalue weighted by atomic mass is 10.0. The minimum atomic E-state index is -0.702. The first-order chi connectivity index (χ1) is 8.02. The maximum absolute atomic E-state index is 10.8. The van der Waals surface area contributed by atoms with E-state index in [0.29, 0.717) is 5.02 Å². The molecule has 0 bridgehead atoms. The van der Waals surface area contributed by atoms with Crippen LogP contribution in [0.2, 0.25) is 5.02 Å². The van der Waals surface area contributed by atoms with Crippen molar-refractivity contribution in [1.82, 2.24) is 0 Å². The maximum Gasteiger partial charge on any atom is 0.306 e. The van der Waals surface area contributed by atoms with Crippen LogP contribution in [0.4, 0.5) is 0 Å². The molecule has 1 N–H and O–H groups in total. The van der Waals surface area contributed by atoms with E-state index in [1.807, 2.05) is 19.1 Å². The number of carbonyl (C=O) groups is 1. The molecular weight excluding hydrogens is 240 g/mol. The summed E-state index contributed by atoms with van der Waals surface area (Å²) in [6.45, 7) is 1.92. The van der Waals surface area contributed by atoms with Crippen LogP contribution in [0, 0.1) is 18.8 Å². The van der Waals surface area contributed by atoms with Crippen LogP contribution in [0.1, 0.15) is 17.5 Å². The van der Waals surface area contributed by atoms with Crippen molar-refractivity contribution in [2.24, 2.45) is 11.8 Å². The molecule has 1 aliphatic carbocycles. The quantitative estimate of drug-likeness (QED) is 0.899. The van der Waals surface area contributed by atoms with Crippen LogP contribution in [-0.2, 0) is 11.2 Å². The number of hydrogen-bond donors (Lipinski definition) is 1. The second-order valence-corrected chi connectivity index (χ2v) is 4.97. The van der Waals surface area contributed by atoms with Crippen LogP contribution in [0.5, 0.6) is 5.75 Å². The number of aryl methyl sites for hydroxylation is 1. The fourth-order valence-electron chi connectivity index (χ4n) is 2.10. The molecule has 1 aromatic rings. The van der Waals surface area contributed by atoms with Gasteiger partial charge in [-0.05, 0) is 48.9 Å². The van der Waals surface area contributed by atoms with E-state index >= 15 is 0 Å².